The summed E-state index contributed by atoms with van der Waals surface area (Å²) in [5, 5.41) is 0.864. The third-order valence-corrected chi connectivity index (χ3v) is 4.54. The van der Waals surface area contributed by atoms with Crippen molar-refractivity contribution in [2.24, 2.45) is 5.92 Å². The Morgan fingerprint density at radius 1 is 1.44 bits per heavy atom. The van der Waals surface area contributed by atoms with Gasteiger partial charge in [0.15, 0.2) is 0 Å². The van der Waals surface area contributed by atoms with Crippen molar-refractivity contribution in [3.63, 3.8) is 0 Å². The minimum atomic E-state index is -0.198. The van der Waals surface area contributed by atoms with Crippen LogP contribution >= 0.6 is 25.2 Å². The smallest absolute Gasteiger partial charge is 0.124 e. The van der Waals surface area contributed by atoms with Crippen molar-refractivity contribution in [2.75, 3.05) is 6.61 Å². The number of rotatable bonds is 1. The first kappa shape index (κ1) is 12.5. The molecular weight excluding hydrogens is 290 g/mol. The van der Waals surface area contributed by atoms with Crippen LogP contribution in [0.3, 0.4) is 0 Å². The minimum absolute atomic E-state index is 0.00979. The molecule has 0 aromatic heterocycles. The Labute approximate surface area is 106 Å². The predicted octanol–water partition coefficient (Wildman–Crippen LogP) is 3.19. The fourth-order valence-corrected chi connectivity index (χ4v) is 2.78. The SMILES string of the molecule is CC1COC(c2cc(F)cc(P)c2)CC1Br. The summed E-state index contributed by atoms with van der Waals surface area (Å²) in [4.78, 5) is 0.447. The zero-order valence-corrected chi connectivity index (χ0v) is 11.9. The van der Waals surface area contributed by atoms with E-state index in [0.717, 1.165) is 23.9 Å². The first-order chi connectivity index (χ1) is 7.56. The van der Waals surface area contributed by atoms with Gasteiger partial charge in [0.1, 0.15) is 5.82 Å². The van der Waals surface area contributed by atoms with E-state index in [0.29, 0.717) is 10.7 Å². The van der Waals surface area contributed by atoms with Crippen LogP contribution in [0, 0.1) is 11.7 Å². The maximum Gasteiger partial charge on any atom is 0.124 e. The molecule has 4 unspecified atom stereocenters. The van der Waals surface area contributed by atoms with Crippen molar-refractivity contribution in [3.8, 4) is 0 Å². The second-order valence-electron chi connectivity index (χ2n) is 4.37. The fourth-order valence-electron chi connectivity index (χ4n) is 1.93. The Morgan fingerprint density at radius 3 is 2.81 bits per heavy atom. The molecule has 1 aromatic carbocycles. The van der Waals surface area contributed by atoms with E-state index in [9.17, 15) is 4.39 Å². The topological polar surface area (TPSA) is 9.23 Å². The van der Waals surface area contributed by atoms with Crippen molar-refractivity contribution < 1.29 is 9.13 Å². The molecule has 0 radical (unpaired) electrons. The van der Waals surface area contributed by atoms with E-state index in [1.54, 1.807) is 6.07 Å². The number of hydrogen-bond donors (Lipinski definition) is 0. The van der Waals surface area contributed by atoms with Gasteiger partial charge >= 0.3 is 0 Å². The maximum absolute atomic E-state index is 13.3. The number of hydrogen-bond acceptors (Lipinski definition) is 1. The Bertz CT molecular complexity index is 365. The standard InChI is InChI=1S/C12H15BrFOP/c1-7-6-15-12(5-11(7)13)8-2-9(14)4-10(16)3-8/h2-4,7,11-12H,5-6,16H2,1H3. The zero-order valence-electron chi connectivity index (χ0n) is 9.12. The Kier molecular flexibility index (Phi) is 3.99. The lowest BCUT2D eigenvalue weighted by Gasteiger charge is -2.31. The zero-order chi connectivity index (χ0) is 11.7. The summed E-state index contributed by atoms with van der Waals surface area (Å²) in [6.07, 6.45) is 0.907. The van der Waals surface area contributed by atoms with E-state index in [2.05, 4.69) is 32.1 Å². The highest BCUT2D eigenvalue weighted by Gasteiger charge is 2.27. The average molecular weight is 305 g/mol. The van der Waals surface area contributed by atoms with E-state index in [-0.39, 0.29) is 11.9 Å². The van der Waals surface area contributed by atoms with E-state index >= 15 is 0 Å². The quantitative estimate of drug-likeness (QED) is 0.572. The van der Waals surface area contributed by atoms with E-state index in [1.165, 1.54) is 6.07 Å². The third-order valence-electron chi connectivity index (χ3n) is 2.93. The van der Waals surface area contributed by atoms with Crippen molar-refractivity contribution >= 4 is 30.5 Å². The molecule has 0 spiro atoms. The van der Waals surface area contributed by atoms with Gasteiger partial charge in [0.2, 0.25) is 0 Å². The Balaban J connectivity index is 2.18. The molecule has 1 heterocycles. The molecule has 1 aliphatic heterocycles. The molecule has 1 aliphatic rings. The molecule has 0 aliphatic carbocycles. The van der Waals surface area contributed by atoms with Gasteiger partial charge in [0, 0.05) is 4.83 Å². The van der Waals surface area contributed by atoms with Crippen LogP contribution in [0.5, 0.6) is 0 Å². The highest BCUT2D eigenvalue weighted by atomic mass is 79.9. The first-order valence-electron chi connectivity index (χ1n) is 5.38. The summed E-state index contributed by atoms with van der Waals surface area (Å²) in [6.45, 7) is 2.88. The lowest BCUT2D eigenvalue weighted by molar-refractivity contribution is -0.00772. The third kappa shape index (κ3) is 2.82. The normalized spacial score (nSPS) is 30.4. The second kappa shape index (κ2) is 5.12. The van der Waals surface area contributed by atoms with Crippen LogP contribution in [0.1, 0.15) is 25.0 Å². The summed E-state index contributed by atoms with van der Waals surface area (Å²) < 4.78 is 19.0. The number of halogens is 2. The molecule has 0 saturated carbocycles. The average Bonchev–Trinajstić information content (AvgIpc) is 2.20. The molecule has 88 valence electrons. The van der Waals surface area contributed by atoms with Crippen molar-refractivity contribution in [3.05, 3.63) is 29.6 Å². The number of ether oxygens (including phenoxy) is 1. The van der Waals surface area contributed by atoms with Gasteiger partial charge in [-0.1, -0.05) is 22.9 Å². The highest BCUT2D eigenvalue weighted by molar-refractivity contribution is 9.09. The van der Waals surface area contributed by atoms with E-state index in [4.69, 9.17) is 4.74 Å². The molecule has 1 saturated heterocycles. The van der Waals surface area contributed by atoms with Crippen LogP contribution in [-0.2, 0) is 4.74 Å². The summed E-state index contributed by atoms with van der Waals surface area (Å²) >= 11 is 3.65. The Hall–Kier alpha value is 0.0200. The molecule has 1 fully saturated rings. The van der Waals surface area contributed by atoms with Crippen LogP contribution in [0.2, 0.25) is 0 Å². The predicted molar refractivity (Wildman–Crippen MR) is 70.9 cm³/mol. The van der Waals surface area contributed by atoms with Gasteiger partial charge in [-0.25, -0.2) is 4.39 Å². The highest BCUT2D eigenvalue weighted by Crippen LogP contribution is 2.34. The van der Waals surface area contributed by atoms with Crippen molar-refractivity contribution in [1.29, 1.82) is 0 Å². The summed E-state index contributed by atoms with van der Waals surface area (Å²) in [7, 11) is 2.53. The lowest BCUT2D eigenvalue weighted by atomic mass is 9.96. The van der Waals surface area contributed by atoms with Gasteiger partial charge in [-0.05, 0) is 41.4 Å². The molecule has 0 amide bonds. The number of alkyl halides is 1. The van der Waals surface area contributed by atoms with E-state index in [1.807, 2.05) is 6.07 Å². The second-order valence-corrected chi connectivity index (χ2v) is 6.21. The first-order valence-corrected chi connectivity index (χ1v) is 6.87. The summed E-state index contributed by atoms with van der Waals surface area (Å²) in [5.74, 6) is 0.316. The summed E-state index contributed by atoms with van der Waals surface area (Å²) in [6, 6.07) is 5.04. The van der Waals surface area contributed by atoms with Crippen LogP contribution < -0.4 is 5.30 Å². The van der Waals surface area contributed by atoms with Crippen molar-refractivity contribution in [1.82, 2.24) is 0 Å². The van der Waals surface area contributed by atoms with Crippen LogP contribution in [-0.4, -0.2) is 11.4 Å². The lowest BCUT2D eigenvalue weighted by Crippen LogP contribution is -2.28. The minimum Gasteiger partial charge on any atom is -0.373 e. The van der Waals surface area contributed by atoms with Gasteiger partial charge in [-0.15, -0.1) is 9.24 Å². The molecule has 1 nitrogen and oxygen atoms in total. The monoisotopic (exact) mass is 304 g/mol. The maximum atomic E-state index is 13.3. The molecule has 16 heavy (non-hydrogen) atoms. The van der Waals surface area contributed by atoms with Crippen LogP contribution in [0.4, 0.5) is 4.39 Å². The molecule has 2 rings (SSSR count). The molecule has 0 bridgehead atoms. The van der Waals surface area contributed by atoms with Gasteiger partial charge in [0.05, 0.1) is 12.7 Å². The van der Waals surface area contributed by atoms with E-state index < -0.39 is 0 Å². The summed E-state index contributed by atoms with van der Waals surface area (Å²) in [5.41, 5.74) is 0.932. The largest absolute Gasteiger partial charge is 0.373 e. The van der Waals surface area contributed by atoms with Gasteiger partial charge in [0.25, 0.3) is 0 Å². The van der Waals surface area contributed by atoms with Gasteiger partial charge in [-0.3, -0.25) is 0 Å². The molecule has 0 N–H and O–H groups in total. The van der Waals surface area contributed by atoms with Gasteiger partial charge in [-0.2, -0.15) is 0 Å². The molecule has 4 atom stereocenters. The Morgan fingerprint density at radius 2 is 2.19 bits per heavy atom. The molecule has 4 heteroatoms. The number of benzene rings is 1. The van der Waals surface area contributed by atoms with Crippen LogP contribution in [0.15, 0.2) is 18.2 Å². The molecule has 1 aromatic rings. The van der Waals surface area contributed by atoms with Gasteiger partial charge < -0.3 is 4.74 Å². The fraction of sp³-hybridized carbons (Fsp3) is 0.500. The van der Waals surface area contributed by atoms with Crippen molar-refractivity contribution in [2.45, 2.75) is 24.3 Å². The van der Waals surface area contributed by atoms with Crippen LogP contribution in [0.25, 0.3) is 0 Å². The molecular formula is C12H15BrFOP.